The highest BCUT2D eigenvalue weighted by Crippen LogP contribution is 2.29. The zero-order valence-corrected chi connectivity index (χ0v) is 19.8. The molecule has 0 aromatic carbocycles. The summed E-state index contributed by atoms with van der Waals surface area (Å²) in [5.74, 6) is 1.59. The summed E-state index contributed by atoms with van der Waals surface area (Å²) in [4.78, 5) is 14.1. The van der Waals surface area contributed by atoms with E-state index in [4.69, 9.17) is 9.97 Å². The van der Waals surface area contributed by atoms with Crippen LogP contribution in [-0.2, 0) is 6.54 Å². The Balaban J connectivity index is 1.74. The van der Waals surface area contributed by atoms with Crippen LogP contribution in [0.3, 0.4) is 0 Å². The van der Waals surface area contributed by atoms with E-state index in [0.717, 1.165) is 49.6 Å². The van der Waals surface area contributed by atoms with E-state index in [9.17, 15) is 0 Å². The van der Waals surface area contributed by atoms with Crippen molar-refractivity contribution in [1.29, 1.82) is 0 Å². The summed E-state index contributed by atoms with van der Waals surface area (Å²) in [6.07, 6.45) is 12.5. The van der Waals surface area contributed by atoms with Crippen LogP contribution in [0, 0.1) is 5.41 Å². The van der Waals surface area contributed by atoms with Gasteiger partial charge in [0.15, 0.2) is 0 Å². The second-order valence-electron chi connectivity index (χ2n) is 9.93. The molecule has 1 aliphatic rings. The molecule has 0 amide bonds. The first-order valence-electron chi connectivity index (χ1n) is 12.0. The molecule has 170 valence electrons. The molecule has 0 radical (unpaired) electrons. The van der Waals surface area contributed by atoms with Gasteiger partial charge >= 0.3 is 0 Å². The third-order valence-corrected chi connectivity index (χ3v) is 5.63. The van der Waals surface area contributed by atoms with Crippen LogP contribution in [0.4, 0.5) is 11.8 Å². The zero-order valence-electron chi connectivity index (χ0n) is 19.8. The number of hydrogen-bond donors (Lipinski definition) is 3. The van der Waals surface area contributed by atoms with Gasteiger partial charge in [-0.25, -0.2) is 4.98 Å². The largest absolute Gasteiger partial charge is 0.367 e. The van der Waals surface area contributed by atoms with Gasteiger partial charge in [-0.05, 0) is 36.3 Å². The molecule has 2 heterocycles. The molecule has 2 aromatic rings. The van der Waals surface area contributed by atoms with E-state index < -0.39 is 0 Å². The average Bonchev–Trinajstić information content (AvgIpc) is 2.75. The van der Waals surface area contributed by atoms with Gasteiger partial charge in [-0.1, -0.05) is 59.4 Å². The number of pyridine rings is 1. The maximum absolute atomic E-state index is 4.83. The Hall–Kier alpha value is -2.21. The number of rotatable bonds is 10. The first kappa shape index (κ1) is 23.5. The van der Waals surface area contributed by atoms with E-state index in [-0.39, 0.29) is 5.41 Å². The van der Waals surface area contributed by atoms with Gasteiger partial charge in [0.05, 0.1) is 11.3 Å². The molecule has 1 aliphatic carbocycles. The molecule has 0 saturated heterocycles. The number of nitrogens with zero attached hydrogens (tertiary/aromatic N) is 3. The minimum Gasteiger partial charge on any atom is -0.367 e. The van der Waals surface area contributed by atoms with Crippen LogP contribution < -0.4 is 16.0 Å². The SMILES string of the molecule is CCCCNc1ncc(-c2ccc(CNCC(C)(C)C)cn2)c(NC2CCCCC2)n1. The number of hydrogen-bond acceptors (Lipinski definition) is 6. The highest BCUT2D eigenvalue weighted by Gasteiger charge is 2.18. The fourth-order valence-corrected chi connectivity index (χ4v) is 3.85. The minimum absolute atomic E-state index is 0.275. The normalized spacial score (nSPS) is 15.1. The van der Waals surface area contributed by atoms with Crippen LogP contribution in [0.1, 0.15) is 78.2 Å². The van der Waals surface area contributed by atoms with Crippen molar-refractivity contribution in [3.8, 4) is 11.3 Å². The Morgan fingerprint density at radius 3 is 2.52 bits per heavy atom. The summed E-state index contributed by atoms with van der Waals surface area (Å²) in [6.45, 7) is 11.6. The van der Waals surface area contributed by atoms with E-state index in [1.807, 2.05) is 12.4 Å². The Bertz CT molecular complexity index is 791. The maximum atomic E-state index is 4.83. The fraction of sp³-hybridized carbons (Fsp3) is 0.640. The molecule has 0 atom stereocenters. The summed E-state index contributed by atoms with van der Waals surface area (Å²) in [5.41, 5.74) is 3.35. The van der Waals surface area contributed by atoms with Gasteiger partial charge in [-0.15, -0.1) is 0 Å². The van der Waals surface area contributed by atoms with E-state index in [1.54, 1.807) is 0 Å². The summed E-state index contributed by atoms with van der Waals surface area (Å²) in [6, 6.07) is 4.71. The van der Waals surface area contributed by atoms with E-state index in [0.29, 0.717) is 12.0 Å². The summed E-state index contributed by atoms with van der Waals surface area (Å²) < 4.78 is 0. The van der Waals surface area contributed by atoms with Gasteiger partial charge in [-0.2, -0.15) is 4.98 Å². The number of aromatic nitrogens is 3. The second-order valence-corrected chi connectivity index (χ2v) is 9.93. The summed E-state index contributed by atoms with van der Waals surface area (Å²) >= 11 is 0. The van der Waals surface area contributed by atoms with Crippen LogP contribution in [0.5, 0.6) is 0 Å². The molecule has 0 bridgehead atoms. The Kier molecular flexibility index (Phi) is 8.64. The van der Waals surface area contributed by atoms with E-state index >= 15 is 0 Å². The summed E-state index contributed by atoms with van der Waals surface area (Å²) in [5, 5.41) is 10.6. The van der Waals surface area contributed by atoms with Crippen LogP contribution in [0.15, 0.2) is 24.5 Å². The van der Waals surface area contributed by atoms with Crippen molar-refractivity contribution in [1.82, 2.24) is 20.3 Å². The van der Waals surface area contributed by atoms with Crippen molar-refractivity contribution >= 4 is 11.8 Å². The van der Waals surface area contributed by atoms with E-state index in [1.165, 1.54) is 37.7 Å². The minimum atomic E-state index is 0.275. The predicted octanol–water partition coefficient (Wildman–Crippen LogP) is 5.63. The van der Waals surface area contributed by atoms with Gasteiger partial charge in [0.2, 0.25) is 5.95 Å². The van der Waals surface area contributed by atoms with Gasteiger partial charge in [0.25, 0.3) is 0 Å². The molecule has 0 unspecified atom stereocenters. The molecule has 0 aliphatic heterocycles. The molecular weight excluding hydrogens is 384 g/mol. The van der Waals surface area contributed by atoms with Gasteiger partial charge in [-0.3, -0.25) is 4.98 Å². The quantitative estimate of drug-likeness (QED) is 0.429. The van der Waals surface area contributed by atoms with Gasteiger partial charge in [0.1, 0.15) is 5.82 Å². The lowest BCUT2D eigenvalue weighted by atomic mass is 9.95. The van der Waals surface area contributed by atoms with Gasteiger partial charge < -0.3 is 16.0 Å². The molecular formula is C25H40N6. The number of nitrogens with one attached hydrogen (secondary N) is 3. The lowest BCUT2D eigenvalue weighted by molar-refractivity contribution is 0.379. The predicted molar refractivity (Wildman–Crippen MR) is 130 cm³/mol. The Labute approximate surface area is 188 Å². The topological polar surface area (TPSA) is 74.8 Å². The number of anilines is 2. The molecule has 3 N–H and O–H groups in total. The first-order chi connectivity index (χ1) is 14.9. The van der Waals surface area contributed by atoms with Crippen LogP contribution in [0.25, 0.3) is 11.3 Å². The maximum Gasteiger partial charge on any atom is 0.224 e. The van der Waals surface area contributed by atoms with Crippen molar-refractivity contribution < 1.29 is 0 Å². The second kappa shape index (κ2) is 11.4. The van der Waals surface area contributed by atoms with E-state index in [2.05, 4.69) is 60.8 Å². The van der Waals surface area contributed by atoms with Gasteiger partial charge in [0, 0.05) is 38.1 Å². The van der Waals surface area contributed by atoms with Crippen molar-refractivity contribution in [2.45, 2.75) is 85.2 Å². The lowest BCUT2D eigenvalue weighted by Crippen LogP contribution is -2.26. The lowest BCUT2D eigenvalue weighted by Gasteiger charge is -2.24. The molecule has 31 heavy (non-hydrogen) atoms. The monoisotopic (exact) mass is 424 g/mol. The number of unbranched alkanes of at least 4 members (excludes halogenated alkanes) is 1. The molecule has 6 nitrogen and oxygen atoms in total. The molecule has 2 aromatic heterocycles. The van der Waals surface area contributed by atoms with Crippen molar-refractivity contribution in [2.75, 3.05) is 23.7 Å². The van der Waals surface area contributed by atoms with Crippen LogP contribution in [0.2, 0.25) is 0 Å². The third-order valence-electron chi connectivity index (χ3n) is 5.63. The molecule has 1 saturated carbocycles. The Morgan fingerprint density at radius 2 is 1.84 bits per heavy atom. The highest BCUT2D eigenvalue weighted by molar-refractivity contribution is 5.72. The highest BCUT2D eigenvalue weighted by atomic mass is 15.1. The Morgan fingerprint density at radius 1 is 1.03 bits per heavy atom. The zero-order chi connectivity index (χ0) is 22.1. The summed E-state index contributed by atoms with van der Waals surface area (Å²) in [7, 11) is 0. The molecule has 3 rings (SSSR count). The fourth-order valence-electron chi connectivity index (χ4n) is 3.85. The molecule has 0 spiro atoms. The van der Waals surface area contributed by atoms with Crippen LogP contribution in [-0.4, -0.2) is 34.1 Å². The van der Waals surface area contributed by atoms with Crippen molar-refractivity contribution in [2.24, 2.45) is 5.41 Å². The average molecular weight is 425 g/mol. The first-order valence-corrected chi connectivity index (χ1v) is 12.0. The smallest absolute Gasteiger partial charge is 0.224 e. The van der Waals surface area contributed by atoms with Crippen molar-refractivity contribution in [3.63, 3.8) is 0 Å². The third kappa shape index (κ3) is 7.76. The van der Waals surface area contributed by atoms with Crippen LogP contribution >= 0.6 is 0 Å². The standard InChI is InChI=1S/C25H40N6/c1-5-6-14-27-24-29-17-21(23(31-24)30-20-10-8-7-9-11-20)22-13-12-19(16-28-22)15-26-18-25(2,3)4/h12-13,16-17,20,26H,5-11,14-15,18H2,1-4H3,(H2,27,29,30,31). The van der Waals surface area contributed by atoms with Crippen molar-refractivity contribution in [3.05, 3.63) is 30.1 Å². The molecule has 6 heteroatoms. The molecule has 1 fully saturated rings.